The number of thioether (sulfide) groups is 1. The van der Waals surface area contributed by atoms with E-state index in [-0.39, 0.29) is 17.5 Å². The lowest BCUT2D eigenvalue weighted by Crippen LogP contribution is -2.26. The van der Waals surface area contributed by atoms with Gasteiger partial charge in [0.05, 0.1) is 18.3 Å². The van der Waals surface area contributed by atoms with Crippen LogP contribution in [0.3, 0.4) is 0 Å². The summed E-state index contributed by atoms with van der Waals surface area (Å²) in [4.78, 5) is 22.6. The van der Waals surface area contributed by atoms with Crippen LogP contribution >= 0.6 is 11.8 Å². The van der Waals surface area contributed by atoms with Crippen LogP contribution in [0.4, 0.5) is 0 Å². The summed E-state index contributed by atoms with van der Waals surface area (Å²) in [7, 11) is 0. The second kappa shape index (κ2) is 8.75. The van der Waals surface area contributed by atoms with Crippen LogP contribution in [0.1, 0.15) is 12.0 Å². The van der Waals surface area contributed by atoms with Crippen molar-refractivity contribution in [2.45, 2.75) is 11.7 Å². The normalized spacial score (nSPS) is 17.5. The first kappa shape index (κ1) is 19.6. The Hall–Kier alpha value is -3.72. The molecule has 9 heteroatoms. The monoisotopic (exact) mass is 419 g/mol. The second-order valence-electron chi connectivity index (χ2n) is 6.42. The van der Waals surface area contributed by atoms with E-state index < -0.39 is 11.2 Å². The predicted molar refractivity (Wildman–Crippen MR) is 116 cm³/mol. The fourth-order valence-electron chi connectivity index (χ4n) is 2.90. The van der Waals surface area contributed by atoms with Gasteiger partial charge in [0.1, 0.15) is 10.9 Å². The Morgan fingerprint density at radius 3 is 2.57 bits per heavy atom. The lowest BCUT2D eigenvalue weighted by atomic mass is 10.1. The Morgan fingerprint density at radius 2 is 1.87 bits per heavy atom. The van der Waals surface area contributed by atoms with Crippen LogP contribution in [0.25, 0.3) is 16.9 Å². The fourth-order valence-corrected chi connectivity index (χ4v) is 3.82. The molecule has 3 aromatic rings. The number of nitrogens with zero attached hydrogens (tertiary/aromatic N) is 4. The van der Waals surface area contributed by atoms with E-state index in [9.17, 15) is 9.59 Å². The van der Waals surface area contributed by atoms with Gasteiger partial charge in [0, 0.05) is 17.3 Å². The molecule has 0 radical (unpaired) electrons. The third-order valence-corrected chi connectivity index (χ3v) is 5.36. The minimum absolute atomic E-state index is 0.263. The van der Waals surface area contributed by atoms with Gasteiger partial charge >= 0.3 is 5.97 Å². The van der Waals surface area contributed by atoms with Crippen LogP contribution in [0.5, 0.6) is 0 Å². The number of carboxylic acids is 1. The lowest BCUT2D eigenvalue weighted by Gasteiger charge is -2.00. The number of carboxylic acid groups (broad SMARTS) is 1. The van der Waals surface area contributed by atoms with Crippen molar-refractivity contribution in [2.24, 2.45) is 10.2 Å². The Kier molecular flexibility index (Phi) is 5.71. The molecule has 1 aliphatic rings. The number of para-hydroxylation sites is 1. The van der Waals surface area contributed by atoms with Gasteiger partial charge in [0.15, 0.2) is 5.17 Å². The maximum atomic E-state index is 11.8. The molecule has 1 unspecified atom stereocenters. The summed E-state index contributed by atoms with van der Waals surface area (Å²) in [5, 5.41) is 23.8. The van der Waals surface area contributed by atoms with E-state index in [1.54, 1.807) is 10.9 Å². The lowest BCUT2D eigenvalue weighted by molar-refractivity contribution is -0.138. The number of rotatable bonds is 6. The van der Waals surface area contributed by atoms with E-state index >= 15 is 0 Å². The average molecular weight is 419 g/mol. The molecule has 0 bridgehead atoms. The molecular formula is C21H17N5O3S. The van der Waals surface area contributed by atoms with Crippen molar-refractivity contribution in [2.75, 3.05) is 0 Å². The molecule has 8 nitrogen and oxygen atoms in total. The number of aliphatic carboxylic acids is 1. The third kappa shape index (κ3) is 4.47. The number of hydrogen-bond acceptors (Lipinski definition) is 6. The highest BCUT2D eigenvalue weighted by Crippen LogP contribution is 2.24. The Balaban J connectivity index is 1.61. The molecule has 2 aromatic carbocycles. The van der Waals surface area contributed by atoms with Gasteiger partial charge in [-0.05, 0) is 12.1 Å². The van der Waals surface area contributed by atoms with Crippen LogP contribution in [-0.2, 0) is 9.59 Å². The van der Waals surface area contributed by atoms with Crippen LogP contribution in [0, 0.1) is 0 Å². The number of carbonyl (C=O) groups excluding carboxylic acids is 1. The zero-order valence-electron chi connectivity index (χ0n) is 15.7. The largest absolute Gasteiger partial charge is 0.481 e. The maximum absolute atomic E-state index is 11.8. The maximum Gasteiger partial charge on any atom is 0.305 e. The van der Waals surface area contributed by atoms with E-state index in [0.29, 0.717) is 0 Å². The molecule has 1 amide bonds. The molecular weight excluding hydrogens is 402 g/mol. The minimum atomic E-state index is -1.03. The molecule has 1 saturated heterocycles. The highest BCUT2D eigenvalue weighted by Gasteiger charge is 2.32. The standard InChI is InChI=1S/C21H17N5O3S/c27-18(28)11-17-20(29)23-21(30-17)24-22-12-15-13-26(16-9-5-2-6-10-16)25-19(15)14-7-3-1-4-8-14/h1-10,12-13,17H,11H2,(H,27,28)(H,23,24,29). The molecule has 2 heterocycles. The van der Waals surface area contributed by atoms with Gasteiger partial charge in [-0.15, -0.1) is 5.10 Å². The first-order chi connectivity index (χ1) is 14.6. The number of hydrogen-bond donors (Lipinski definition) is 2. The van der Waals surface area contributed by atoms with Crippen molar-refractivity contribution < 1.29 is 14.7 Å². The molecule has 1 fully saturated rings. The van der Waals surface area contributed by atoms with Crippen molar-refractivity contribution in [1.29, 1.82) is 0 Å². The zero-order valence-corrected chi connectivity index (χ0v) is 16.5. The van der Waals surface area contributed by atoms with Crippen LogP contribution in [-0.4, -0.2) is 43.4 Å². The van der Waals surface area contributed by atoms with E-state index in [0.717, 1.165) is 34.3 Å². The molecule has 0 spiro atoms. The van der Waals surface area contributed by atoms with Gasteiger partial charge in [-0.2, -0.15) is 10.2 Å². The van der Waals surface area contributed by atoms with Crippen molar-refractivity contribution in [3.63, 3.8) is 0 Å². The number of aromatic nitrogens is 2. The summed E-state index contributed by atoms with van der Waals surface area (Å²) in [6.45, 7) is 0. The first-order valence-corrected chi connectivity index (χ1v) is 9.99. The number of amides is 1. The summed E-state index contributed by atoms with van der Waals surface area (Å²) in [5.41, 5.74) is 3.35. The van der Waals surface area contributed by atoms with Crippen molar-refractivity contribution in [1.82, 2.24) is 15.1 Å². The smallest absolute Gasteiger partial charge is 0.305 e. The average Bonchev–Trinajstić information content (AvgIpc) is 3.33. The molecule has 0 aliphatic carbocycles. The summed E-state index contributed by atoms with van der Waals surface area (Å²) in [6.07, 6.45) is 3.16. The topological polar surface area (TPSA) is 109 Å². The predicted octanol–water partition coefficient (Wildman–Crippen LogP) is 2.94. The highest BCUT2D eigenvalue weighted by atomic mass is 32.2. The van der Waals surface area contributed by atoms with E-state index in [1.807, 2.05) is 66.9 Å². The molecule has 1 atom stereocenters. The molecule has 1 aromatic heterocycles. The second-order valence-corrected chi connectivity index (χ2v) is 7.61. The first-order valence-electron chi connectivity index (χ1n) is 9.11. The van der Waals surface area contributed by atoms with Crippen LogP contribution in [0.15, 0.2) is 77.1 Å². The highest BCUT2D eigenvalue weighted by molar-refractivity contribution is 8.15. The van der Waals surface area contributed by atoms with E-state index in [4.69, 9.17) is 10.2 Å². The molecule has 4 rings (SSSR count). The van der Waals surface area contributed by atoms with Crippen molar-refractivity contribution in [3.05, 3.63) is 72.4 Å². The van der Waals surface area contributed by atoms with Gasteiger partial charge in [0.2, 0.25) is 5.91 Å². The van der Waals surface area contributed by atoms with E-state index in [1.165, 1.54) is 0 Å². The molecule has 1 aliphatic heterocycles. The Morgan fingerprint density at radius 1 is 1.17 bits per heavy atom. The van der Waals surface area contributed by atoms with Gasteiger partial charge in [-0.3, -0.25) is 9.59 Å². The fraction of sp³-hybridized carbons (Fsp3) is 0.0952. The summed E-state index contributed by atoms with van der Waals surface area (Å²) < 4.78 is 1.77. The summed E-state index contributed by atoms with van der Waals surface area (Å²) in [6, 6.07) is 19.5. The van der Waals surface area contributed by atoms with Crippen LogP contribution in [0.2, 0.25) is 0 Å². The van der Waals surface area contributed by atoms with Gasteiger partial charge in [0.25, 0.3) is 0 Å². The number of amidine groups is 1. The summed E-state index contributed by atoms with van der Waals surface area (Å²) >= 11 is 1.06. The molecule has 0 saturated carbocycles. The summed E-state index contributed by atoms with van der Waals surface area (Å²) in [5.74, 6) is -1.41. The molecule has 150 valence electrons. The molecule has 2 N–H and O–H groups in total. The quantitative estimate of drug-likeness (QED) is 0.472. The minimum Gasteiger partial charge on any atom is -0.481 e. The number of benzene rings is 2. The van der Waals surface area contributed by atoms with Gasteiger partial charge in [-0.1, -0.05) is 60.3 Å². The Labute approximate surface area is 176 Å². The van der Waals surface area contributed by atoms with Gasteiger partial charge < -0.3 is 10.4 Å². The van der Waals surface area contributed by atoms with Crippen molar-refractivity contribution in [3.8, 4) is 16.9 Å². The third-order valence-electron chi connectivity index (χ3n) is 4.29. The van der Waals surface area contributed by atoms with E-state index in [2.05, 4.69) is 15.5 Å². The van der Waals surface area contributed by atoms with Crippen molar-refractivity contribution >= 4 is 35.0 Å². The molecule has 30 heavy (non-hydrogen) atoms. The zero-order chi connectivity index (χ0) is 20.9. The SMILES string of the molecule is O=C(O)CC1SC(=NN=Cc2cn(-c3ccccc3)nc2-c2ccccc2)NC1=O. The number of carbonyl (C=O) groups is 2. The Bertz CT molecular complexity index is 1130. The number of nitrogens with one attached hydrogen (secondary N) is 1. The van der Waals surface area contributed by atoms with Crippen LogP contribution < -0.4 is 5.32 Å². The van der Waals surface area contributed by atoms with Gasteiger partial charge in [-0.25, -0.2) is 4.68 Å².